The Labute approximate surface area is 114 Å². The summed E-state index contributed by atoms with van der Waals surface area (Å²) in [5.41, 5.74) is 1.70. The van der Waals surface area contributed by atoms with Crippen LogP contribution < -0.4 is 4.74 Å². The highest BCUT2D eigenvalue weighted by Gasteiger charge is 2.10. The SMILES string of the molecule is Cc1cc(C(=O)O)ccc1Oc1nccn2nccc12. The van der Waals surface area contributed by atoms with Gasteiger partial charge in [0.25, 0.3) is 0 Å². The molecule has 0 bridgehead atoms. The van der Waals surface area contributed by atoms with Crippen molar-refractivity contribution in [3.8, 4) is 11.6 Å². The lowest BCUT2D eigenvalue weighted by Gasteiger charge is -2.09. The van der Waals surface area contributed by atoms with E-state index in [0.29, 0.717) is 11.6 Å². The number of benzene rings is 1. The summed E-state index contributed by atoms with van der Waals surface area (Å²) in [6.45, 7) is 1.79. The van der Waals surface area contributed by atoms with E-state index in [1.54, 1.807) is 48.2 Å². The fourth-order valence-electron chi connectivity index (χ4n) is 1.91. The molecule has 0 atom stereocenters. The summed E-state index contributed by atoms with van der Waals surface area (Å²) in [5, 5.41) is 13.0. The summed E-state index contributed by atoms with van der Waals surface area (Å²) in [7, 11) is 0. The third kappa shape index (κ3) is 2.07. The number of hydrogen-bond acceptors (Lipinski definition) is 4. The van der Waals surface area contributed by atoms with Crippen LogP contribution in [0, 0.1) is 6.92 Å². The van der Waals surface area contributed by atoms with E-state index < -0.39 is 5.97 Å². The highest BCUT2D eigenvalue weighted by atomic mass is 16.5. The van der Waals surface area contributed by atoms with Crippen molar-refractivity contribution in [3.63, 3.8) is 0 Å². The van der Waals surface area contributed by atoms with Crippen molar-refractivity contribution in [2.45, 2.75) is 6.92 Å². The van der Waals surface area contributed by atoms with Gasteiger partial charge in [-0.15, -0.1) is 0 Å². The second-order valence-corrected chi connectivity index (χ2v) is 4.28. The molecule has 6 nitrogen and oxygen atoms in total. The third-order valence-electron chi connectivity index (χ3n) is 2.92. The van der Waals surface area contributed by atoms with Gasteiger partial charge in [0.1, 0.15) is 11.3 Å². The highest BCUT2D eigenvalue weighted by molar-refractivity contribution is 5.88. The number of aromatic carboxylic acids is 1. The number of aromatic nitrogens is 3. The van der Waals surface area contributed by atoms with Crippen molar-refractivity contribution < 1.29 is 14.6 Å². The lowest BCUT2D eigenvalue weighted by molar-refractivity contribution is 0.0697. The number of fused-ring (bicyclic) bond motifs is 1. The summed E-state index contributed by atoms with van der Waals surface area (Å²) < 4.78 is 7.41. The minimum atomic E-state index is -0.962. The van der Waals surface area contributed by atoms with Crippen molar-refractivity contribution in [3.05, 3.63) is 54.0 Å². The van der Waals surface area contributed by atoms with E-state index in [1.807, 2.05) is 0 Å². The van der Waals surface area contributed by atoms with Crippen LogP contribution in [0.5, 0.6) is 11.6 Å². The molecule has 0 saturated carbocycles. The Hall–Kier alpha value is -2.89. The molecule has 1 aromatic carbocycles. The van der Waals surface area contributed by atoms with Crippen LogP contribution in [-0.2, 0) is 0 Å². The number of carbonyl (C=O) groups is 1. The zero-order valence-electron chi connectivity index (χ0n) is 10.6. The molecule has 0 unspecified atom stereocenters. The topological polar surface area (TPSA) is 76.7 Å². The van der Waals surface area contributed by atoms with E-state index in [-0.39, 0.29) is 5.56 Å². The second kappa shape index (κ2) is 4.65. The molecule has 0 spiro atoms. The maximum Gasteiger partial charge on any atom is 0.335 e. The summed E-state index contributed by atoms with van der Waals surface area (Å²) in [5.74, 6) is 0.0311. The fraction of sp³-hybridized carbons (Fsp3) is 0.0714. The maximum atomic E-state index is 10.9. The largest absolute Gasteiger partial charge is 0.478 e. The number of carboxylic acids is 1. The lowest BCUT2D eigenvalue weighted by Crippen LogP contribution is -1.99. The molecule has 2 heterocycles. The number of nitrogens with zero attached hydrogens (tertiary/aromatic N) is 3. The molecule has 1 N–H and O–H groups in total. The van der Waals surface area contributed by atoms with E-state index in [2.05, 4.69) is 10.1 Å². The summed E-state index contributed by atoms with van der Waals surface area (Å²) in [4.78, 5) is 15.1. The van der Waals surface area contributed by atoms with Crippen LogP contribution >= 0.6 is 0 Å². The van der Waals surface area contributed by atoms with Crippen LogP contribution in [0.15, 0.2) is 42.9 Å². The van der Waals surface area contributed by atoms with Crippen molar-refractivity contribution in [1.82, 2.24) is 14.6 Å². The molecule has 0 fully saturated rings. The van der Waals surface area contributed by atoms with Gasteiger partial charge < -0.3 is 9.84 Å². The first-order valence-electron chi connectivity index (χ1n) is 5.95. The molecule has 3 rings (SSSR count). The number of hydrogen-bond donors (Lipinski definition) is 1. The highest BCUT2D eigenvalue weighted by Crippen LogP contribution is 2.27. The van der Waals surface area contributed by atoms with Gasteiger partial charge in [-0.25, -0.2) is 14.3 Å². The fourth-order valence-corrected chi connectivity index (χ4v) is 1.91. The molecule has 0 aliphatic heterocycles. The minimum absolute atomic E-state index is 0.227. The Kier molecular flexibility index (Phi) is 2.83. The van der Waals surface area contributed by atoms with Crippen LogP contribution in [0.4, 0.5) is 0 Å². The smallest absolute Gasteiger partial charge is 0.335 e. The molecule has 0 amide bonds. The number of ether oxygens (including phenoxy) is 1. The first-order valence-corrected chi connectivity index (χ1v) is 5.95. The summed E-state index contributed by atoms with van der Waals surface area (Å²) >= 11 is 0. The Morgan fingerprint density at radius 1 is 1.30 bits per heavy atom. The van der Waals surface area contributed by atoms with Gasteiger partial charge in [-0.3, -0.25) is 0 Å². The van der Waals surface area contributed by atoms with E-state index in [1.165, 1.54) is 6.07 Å². The van der Waals surface area contributed by atoms with Gasteiger partial charge >= 0.3 is 5.97 Å². The van der Waals surface area contributed by atoms with E-state index >= 15 is 0 Å². The Morgan fingerprint density at radius 2 is 2.15 bits per heavy atom. The second-order valence-electron chi connectivity index (χ2n) is 4.28. The lowest BCUT2D eigenvalue weighted by atomic mass is 10.1. The average Bonchev–Trinajstić information content (AvgIpc) is 2.90. The number of aryl methyl sites for hydroxylation is 1. The molecule has 0 radical (unpaired) electrons. The van der Waals surface area contributed by atoms with Crippen molar-refractivity contribution in [2.24, 2.45) is 0 Å². The van der Waals surface area contributed by atoms with E-state index in [9.17, 15) is 4.79 Å². The van der Waals surface area contributed by atoms with Gasteiger partial charge in [0.15, 0.2) is 0 Å². The van der Waals surface area contributed by atoms with Gasteiger partial charge in [-0.2, -0.15) is 5.10 Å². The van der Waals surface area contributed by atoms with Gasteiger partial charge in [0.2, 0.25) is 5.88 Å². The van der Waals surface area contributed by atoms with Crippen LogP contribution in [0.2, 0.25) is 0 Å². The molecular formula is C14H11N3O3. The molecule has 2 aromatic heterocycles. The predicted octanol–water partition coefficient (Wildman–Crippen LogP) is 2.53. The molecule has 6 heteroatoms. The standard InChI is InChI=1S/C14H11N3O3/c1-9-8-10(14(18)19)2-3-12(9)20-13-11-4-5-16-17(11)7-6-15-13/h2-8H,1H3,(H,18,19). The molecule has 0 aliphatic rings. The Morgan fingerprint density at radius 3 is 2.90 bits per heavy atom. The first kappa shape index (κ1) is 12.2. The van der Waals surface area contributed by atoms with Crippen LogP contribution in [0.1, 0.15) is 15.9 Å². The molecular weight excluding hydrogens is 258 g/mol. The third-order valence-corrected chi connectivity index (χ3v) is 2.92. The normalized spacial score (nSPS) is 10.7. The van der Waals surface area contributed by atoms with Crippen LogP contribution in [0.3, 0.4) is 0 Å². The molecule has 20 heavy (non-hydrogen) atoms. The average molecular weight is 269 g/mol. The van der Waals surface area contributed by atoms with Crippen LogP contribution in [0.25, 0.3) is 5.52 Å². The number of rotatable bonds is 3. The van der Waals surface area contributed by atoms with Crippen molar-refractivity contribution in [1.29, 1.82) is 0 Å². The minimum Gasteiger partial charge on any atom is -0.478 e. The van der Waals surface area contributed by atoms with Gasteiger partial charge in [0, 0.05) is 12.4 Å². The van der Waals surface area contributed by atoms with Crippen molar-refractivity contribution in [2.75, 3.05) is 0 Å². The molecule has 0 aliphatic carbocycles. The van der Waals surface area contributed by atoms with Gasteiger partial charge in [-0.05, 0) is 36.8 Å². The van der Waals surface area contributed by atoms with E-state index in [4.69, 9.17) is 9.84 Å². The predicted molar refractivity (Wildman–Crippen MR) is 71.2 cm³/mol. The monoisotopic (exact) mass is 269 g/mol. The maximum absolute atomic E-state index is 10.9. The zero-order chi connectivity index (χ0) is 14.1. The molecule has 3 aromatic rings. The Bertz CT molecular complexity index is 795. The van der Waals surface area contributed by atoms with Crippen LogP contribution in [-0.4, -0.2) is 25.7 Å². The molecule has 0 saturated heterocycles. The van der Waals surface area contributed by atoms with Gasteiger partial charge in [0.05, 0.1) is 11.8 Å². The summed E-state index contributed by atoms with van der Waals surface area (Å²) in [6.07, 6.45) is 4.98. The molecule has 100 valence electrons. The Balaban J connectivity index is 1.99. The number of carboxylic acid groups (broad SMARTS) is 1. The quantitative estimate of drug-likeness (QED) is 0.790. The summed E-state index contributed by atoms with van der Waals surface area (Å²) in [6, 6.07) is 6.49. The first-order chi connectivity index (χ1) is 9.65. The van der Waals surface area contributed by atoms with Gasteiger partial charge in [-0.1, -0.05) is 0 Å². The van der Waals surface area contributed by atoms with Crippen molar-refractivity contribution >= 4 is 11.5 Å². The zero-order valence-corrected chi connectivity index (χ0v) is 10.6. The van der Waals surface area contributed by atoms with E-state index in [0.717, 1.165) is 11.1 Å².